The molecule has 3 N–H and O–H groups in total. The smallest absolute Gasteiger partial charge is 0.123 e. The van der Waals surface area contributed by atoms with Crippen LogP contribution in [0.3, 0.4) is 0 Å². The molecule has 0 saturated heterocycles. The van der Waals surface area contributed by atoms with E-state index in [2.05, 4.69) is 15.0 Å². The summed E-state index contributed by atoms with van der Waals surface area (Å²) in [5.74, 6) is 5.35. The Labute approximate surface area is 109 Å². The van der Waals surface area contributed by atoms with Crippen LogP contribution in [0.25, 0.3) is 0 Å². The van der Waals surface area contributed by atoms with E-state index in [4.69, 9.17) is 5.84 Å². The van der Waals surface area contributed by atoms with Gasteiger partial charge < -0.3 is 0 Å². The molecule has 18 heavy (non-hydrogen) atoms. The van der Waals surface area contributed by atoms with Gasteiger partial charge in [0, 0.05) is 0 Å². The summed E-state index contributed by atoms with van der Waals surface area (Å²) in [7, 11) is 0. The van der Waals surface area contributed by atoms with E-state index in [1.54, 1.807) is 12.1 Å². The molecule has 2 aromatic rings. The van der Waals surface area contributed by atoms with Crippen LogP contribution in [0.5, 0.6) is 0 Å². The number of nitrogens with one attached hydrogen (secondary N) is 1. The molecule has 0 amide bonds. The van der Waals surface area contributed by atoms with Crippen LogP contribution in [-0.4, -0.2) is 9.59 Å². The van der Waals surface area contributed by atoms with Gasteiger partial charge in [-0.2, -0.15) is 0 Å². The Kier molecular flexibility index (Phi) is 4.00. The van der Waals surface area contributed by atoms with Gasteiger partial charge in [0.2, 0.25) is 0 Å². The summed E-state index contributed by atoms with van der Waals surface area (Å²) < 4.78 is 17.1. The number of hydrazine groups is 1. The van der Waals surface area contributed by atoms with Crippen molar-refractivity contribution in [3.05, 3.63) is 45.7 Å². The van der Waals surface area contributed by atoms with Crippen molar-refractivity contribution in [1.82, 2.24) is 15.0 Å². The van der Waals surface area contributed by atoms with Crippen molar-refractivity contribution < 1.29 is 4.39 Å². The fraction of sp³-hybridized carbons (Fsp3) is 0.333. The predicted octanol–water partition coefficient (Wildman–Crippen LogP) is 2.04. The van der Waals surface area contributed by atoms with E-state index in [9.17, 15) is 4.39 Å². The number of hydrogen-bond donors (Lipinski definition) is 2. The number of hydrogen-bond acceptors (Lipinski definition) is 5. The average Bonchev–Trinajstić information content (AvgIpc) is 2.77. The first kappa shape index (κ1) is 13.1. The van der Waals surface area contributed by atoms with E-state index in [-0.39, 0.29) is 11.9 Å². The Balaban J connectivity index is 2.26. The highest BCUT2D eigenvalue weighted by Crippen LogP contribution is 2.24. The van der Waals surface area contributed by atoms with Crippen LogP contribution < -0.4 is 11.3 Å². The third-order valence-corrected chi connectivity index (χ3v) is 3.88. The van der Waals surface area contributed by atoms with Crippen molar-refractivity contribution in [3.63, 3.8) is 0 Å². The van der Waals surface area contributed by atoms with E-state index in [0.29, 0.717) is 6.42 Å². The summed E-state index contributed by atoms with van der Waals surface area (Å²) in [6.07, 6.45) is 0.616. The molecule has 1 unspecified atom stereocenters. The zero-order valence-corrected chi connectivity index (χ0v) is 11.1. The molecule has 2 rings (SSSR count). The molecule has 4 nitrogen and oxygen atoms in total. The topological polar surface area (TPSA) is 63.8 Å². The van der Waals surface area contributed by atoms with Crippen LogP contribution in [0.2, 0.25) is 0 Å². The Morgan fingerprint density at radius 3 is 2.83 bits per heavy atom. The second kappa shape index (κ2) is 5.51. The van der Waals surface area contributed by atoms with Crippen LogP contribution in [0, 0.1) is 19.7 Å². The van der Waals surface area contributed by atoms with Gasteiger partial charge in [0.25, 0.3) is 0 Å². The summed E-state index contributed by atoms with van der Waals surface area (Å²) >= 11 is 1.31. The number of halogens is 1. The monoisotopic (exact) mass is 266 g/mol. The van der Waals surface area contributed by atoms with Gasteiger partial charge in [-0.05, 0) is 55.1 Å². The van der Waals surface area contributed by atoms with Crippen molar-refractivity contribution in [2.24, 2.45) is 5.84 Å². The third kappa shape index (κ3) is 2.72. The fourth-order valence-electron chi connectivity index (χ4n) is 1.86. The van der Waals surface area contributed by atoms with Crippen molar-refractivity contribution >= 4 is 11.5 Å². The maximum Gasteiger partial charge on any atom is 0.123 e. The molecule has 0 aliphatic rings. The molecule has 1 heterocycles. The molecular weight excluding hydrogens is 251 g/mol. The molecule has 96 valence electrons. The van der Waals surface area contributed by atoms with Gasteiger partial charge in [-0.3, -0.25) is 11.3 Å². The minimum Gasteiger partial charge on any atom is -0.271 e. The van der Waals surface area contributed by atoms with Crippen LogP contribution in [0.1, 0.15) is 27.7 Å². The largest absolute Gasteiger partial charge is 0.271 e. The number of rotatable bonds is 4. The molecule has 1 aromatic heterocycles. The SMILES string of the molecule is Cc1ccc(F)cc1CC(NN)c1snnc1C. The number of benzene rings is 1. The maximum atomic E-state index is 13.2. The predicted molar refractivity (Wildman–Crippen MR) is 69.6 cm³/mol. The number of nitrogens with zero attached hydrogens (tertiary/aromatic N) is 2. The van der Waals surface area contributed by atoms with E-state index in [1.807, 2.05) is 13.8 Å². The standard InChI is InChI=1S/C12H15FN4S/c1-7-3-4-10(13)5-9(7)6-11(15-14)12-8(2)16-17-18-12/h3-5,11,15H,6,14H2,1-2H3. The number of aromatic nitrogens is 2. The summed E-state index contributed by atoms with van der Waals surface area (Å²) in [5, 5.41) is 3.97. The molecular formula is C12H15FN4S. The van der Waals surface area contributed by atoms with Gasteiger partial charge in [-0.15, -0.1) is 5.10 Å². The van der Waals surface area contributed by atoms with E-state index < -0.39 is 0 Å². The Hall–Kier alpha value is -1.37. The van der Waals surface area contributed by atoms with Crippen molar-refractivity contribution in [3.8, 4) is 0 Å². The van der Waals surface area contributed by atoms with Crippen LogP contribution >= 0.6 is 11.5 Å². The van der Waals surface area contributed by atoms with Gasteiger partial charge >= 0.3 is 0 Å². The van der Waals surface area contributed by atoms with E-state index in [1.165, 1.54) is 17.6 Å². The molecule has 0 fully saturated rings. The fourth-order valence-corrected chi connectivity index (χ4v) is 2.57. The lowest BCUT2D eigenvalue weighted by Crippen LogP contribution is -2.29. The van der Waals surface area contributed by atoms with Gasteiger partial charge in [0.05, 0.1) is 16.6 Å². The third-order valence-electron chi connectivity index (χ3n) is 2.94. The molecule has 1 aromatic carbocycles. The first-order valence-electron chi connectivity index (χ1n) is 5.62. The highest BCUT2D eigenvalue weighted by atomic mass is 32.1. The minimum absolute atomic E-state index is 0.0921. The molecule has 0 saturated carbocycles. The van der Waals surface area contributed by atoms with Crippen molar-refractivity contribution in [2.45, 2.75) is 26.3 Å². The molecule has 6 heteroatoms. The first-order chi connectivity index (χ1) is 8.61. The number of nitrogens with two attached hydrogens (primary N) is 1. The molecule has 0 radical (unpaired) electrons. The molecule has 0 spiro atoms. The van der Waals surface area contributed by atoms with Gasteiger partial charge in [-0.1, -0.05) is 10.6 Å². The quantitative estimate of drug-likeness (QED) is 0.656. The summed E-state index contributed by atoms with van der Waals surface area (Å²) in [5.41, 5.74) is 5.59. The zero-order valence-electron chi connectivity index (χ0n) is 10.3. The Bertz CT molecular complexity index is 541. The summed E-state index contributed by atoms with van der Waals surface area (Å²) in [6, 6.07) is 4.69. The summed E-state index contributed by atoms with van der Waals surface area (Å²) in [6.45, 7) is 3.85. The van der Waals surface area contributed by atoms with Crippen molar-refractivity contribution in [1.29, 1.82) is 0 Å². The van der Waals surface area contributed by atoms with Crippen molar-refractivity contribution in [2.75, 3.05) is 0 Å². The molecule has 1 atom stereocenters. The van der Waals surface area contributed by atoms with Gasteiger partial charge in [0.15, 0.2) is 0 Å². The van der Waals surface area contributed by atoms with Gasteiger partial charge in [-0.25, -0.2) is 4.39 Å². The van der Waals surface area contributed by atoms with E-state index >= 15 is 0 Å². The highest BCUT2D eigenvalue weighted by molar-refractivity contribution is 7.05. The lowest BCUT2D eigenvalue weighted by atomic mass is 10.00. The van der Waals surface area contributed by atoms with E-state index in [0.717, 1.165) is 21.7 Å². The number of aryl methyl sites for hydroxylation is 2. The lowest BCUT2D eigenvalue weighted by molar-refractivity contribution is 0.552. The van der Waals surface area contributed by atoms with Gasteiger partial charge in [0.1, 0.15) is 5.82 Å². The molecule has 0 aliphatic heterocycles. The second-order valence-electron chi connectivity index (χ2n) is 4.22. The van der Waals surface area contributed by atoms with Crippen LogP contribution in [0.15, 0.2) is 18.2 Å². The lowest BCUT2D eigenvalue weighted by Gasteiger charge is -2.15. The highest BCUT2D eigenvalue weighted by Gasteiger charge is 2.17. The minimum atomic E-state index is -0.231. The zero-order chi connectivity index (χ0) is 13.1. The second-order valence-corrected chi connectivity index (χ2v) is 5.00. The summed E-state index contributed by atoms with van der Waals surface area (Å²) in [4.78, 5) is 0.987. The molecule has 0 aliphatic carbocycles. The first-order valence-corrected chi connectivity index (χ1v) is 6.39. The maximum absolute atomic E-state index is 13.2. The molecule has 0 bridgehead atoms. The normalized spacial score (nSPS) is 12.7. The van der Waals surface area contributed by atoms with Crippen LogP contribution in [0.4, 0.5) is 4.39 Å². The van der Waals surface area contributed by atoms with Crippen LogP contribution in [-0.2, 0) is 6.42 Å². The Morgan fingerprint density at radius 2 is 2.22 bits per heavy atom. The average molecular weight is 266 g/mol. The Morgan fingerprint density at radius 1 is 1.44 bits per heavy atom.